The third kappa shape index (κ3) is 4.62. The molecule has 1 N–H and O–H groups in total. The van der Waals surface area contributed by atoms with Crippen LogP contribution in [0, 0.1) is 12.8 Å². The van der Waals surface area contributed by atoms with E-state index in [0.717, 1.165) is 42.6 Å². The molecule has 0 spiro atoms. The molecule has 1 aliphatic carbocycles. The zero-order valence-electron chi connectivity index (χ0n) is 20.3. The Hall–Kier alpha value is -3.42. The number of nitrogens with zero attached hydrogens (tertiary/aromatic N) is 3. The molecule has 0 radical (unpaired) electrons. The quantitative estimate of drug-likeness (QED) is 0.493. The molecule has 1 atom stereocenters. The second-order valence-electron chi connectivity index (χ2n) is 8.52. The molecule has 0 amide bonds. The van der Waals surface area contributed by atoms with Gasteiger partial charge < -0.3 is 14.5 Å². The third-order valence-electron chi connectivity index (χ3n) is 6.15. The van der Waals surface area contributed by atoms with E-state index in [1.807, 2.05) is 39.0 Å². The van der Waals surface area contributed by atoms with E-state index in [1.54, 1.807) is 4.52 Å². The fourth-order valence-corrected chi connectivity index (χ4v) is 4.51. The zero-order chi connectivity index (χ0) is 24.2. The number of aryl methyl sites for hydroxylation is 2. The first-order valence-corrected chi connectivity index (χ1v) is 12.1. The minimum Gasteiger partial charge on any atom is -0.493 e. The van der Waals surface area contributed by atoms with Crippen molar-refractivity contribution in [1.82, 2.24) is 19.6 Å². The Morgan fingerprint density at radius 3 is 2.74 bits per heavy atom. The highest BCUT2D eigenvalue weighted by molar-refractivity contribution is 5.78. The van der Waals surface area contributed by atoms with Crippen LogP contribution in [0.2, 0.25) is 0 Å². The zero-order valence-corrected chi connectivity index (χ0v) is 20.3. The van der Waals surface area contributed by atoms with Crippen molar-refractivity contribution in [3.63, 3.8) is 0 Å². The van der Waals surface area contributed by atoms with Crippen LogP contribution in [0.1, 0.15) is 63.5 Å². The Bertz CT molecular complexity index is 1290. The van der Waals surface area contributed by atoms with Gasteiger partial charge >= 0.3 is 5.97 Å². The van der Waals surface area contributed by atoms with Gasteiger partial charge in [-0.2, -0.15) is 0 Å². The molecular weight excluding hydrogens is 432 g/mol. The number of hydrogen-bond acceptors (Lipinski definition) is 6. The number of H-pyrrole nitrogens is 1. The molecule has 0 saturated carbocycles. The monoisotopic (exact) mass is 464 g/mol. The van der Waals surface area contributed by atoms with E-state index >= 15 is 0 Å². The molecule has 1 aromatic carbocycles. The summed E-state index contributed by atoms with van der Waals surface area (Å²) in [5.41, 5.74) is 3.84. The van der Waals surface area contributed by atoms with Crippen molar-refractivity contribution < 1.29 is 14.3 Å². The van der Waals surface area contributed by atoms with Crippen molar-refractivity contribution >= 4 is 17.1 Å². The van der Waals surface area contributed by atoms with Gasteiger partial charge in [-0.1, -0.05) is 19.1 Å². The number of ether oxygens (including phenoxy) is 2. The maximum atomic E-state index is 13.0. The normalized spacial score (nSPS) is 15.9. The highest BCUT2D eigenvalue weighted by atomic mass is 16.5. The van der Waals surface area contributed by atoms with Crippen LogP contribution in [-0.2, 0) is 16.0 Å². The standard InChI is InChI=1S/C26H32N4O4/c1-5-8-22-27-16(4)23-25(31)28-24(29-30(22)23)20-15-19(13-14-21(20)33-6-2)17-9-11-18(12-10-17)26(32)34-7-3/h9,13-15,18H,5-8,10-12H2,1-4H3,(H,28,29,31). The average Bonchev–Trinajstić information content (AvgIpc) is 3.15. The van der Waals surface area contributed by atoms with Gasteiger partial charge in [-0.3, -0.25) is 9.59 Å². The topological polar surface area (TPSA) is 98.6 Å². The Morgan fingerprint density at radius 1 is 1.24 bits per heavy atom. The van der Waals surface area contributed by atoms with Gasteiger partial charge in [0.2, 0.25) is 0 Å². The van der Waals surface area contributed by atoms with Crippen LogP contribution < -0.4 is 10.3 Å². The van der Waals surface area contributed by atoms with Gasteiger partial charge in [-0.15, -0.1) is 5.10 Å². The molecule has 0 saturated heterocycles. The fourth-order valence-electron chi connectivity index (χ4n) is 4.51. The highest BCUT2D eigenvalue weighted by Crippen LogP contribution is 2.35. The molecule has 0 fully saturated rings. The van der Waals surface area contributed by atoms with E-state index in [4.69, 9.17) is 14.6 Å². The van der Waals surface area contributed by atoms with E-state index in [2.05, 4.69) is 23.0 Å². The Morgan fingerprint density at radius 2 is 2.06 bits per heavy atom. The number of benzene rings is 1. The van der Waals surface area contributed by atoms with E-state index < -0.39 is 0 Å². The predicted molar refractivity (Wildman–Crippen MR) is 131 cm³/mol. The maximum absolute atomic E-state index is 13.0. The number of nitrogens with one attached hydrogen (secondary N) is 1. The lowest BCUT2D eigenvalue weighted by Crippen LogP contribution is -2.19. The molecule has 2 heterocycles. The molecule has 1 unspecified atom stereocenters. The summed E-state index contributed by atoms with van der Waals surface area (Å²) in [6.07, 6.45) is 5.94. The number of hydrogen-bond donors (Lipinski definition) is 1. The lowest BCUT2D eigenvalue weighted by atomic mass is 9.86. The van der Waals surface area contributed by atoms with Gasteiger partial charge in [0.05, 0.1) is 30.4 Å². The minimum atomic E-state index is -0.223. The summed E-state index contributed by atoms with van der Waals surface area (Å²) in [4.78, 5) is 32.6. The summed E-state index contributed by atoms with van der Waals surface area (Å²) < 4.78 is 12.7. The number of carbonyl (C=O) groups is 1. The highest BCUT2D eigenvalue weighted by Gasteiger charge is 2.24. The number of esters is 1. The van der Waals surface area contributed by atoms with Gasteiger partial charge in [0, 0.05) is 6.42 Å². The number of aromatic nitrogens is 4. The van der Waals surface area contributed by atoms with Gasteiger partial charge in [-0.25, -0.2) is 9.50 Å². The van der Waals surface area contributed by atoms with E-state index in [1.165, 1.54) is 5.57 Å². The number of aromatic amines is 1. The van der Waals surface area contributed by atoms with E-state index in [0.29, 0.717) is 42.4 Å². The second kappa shape index (κ2) is 10.2. The molecule has 3 aromatic rings. The summed E-state index contributed by atoms with van der Waals surface area (Å²) in [5, 5.41) is 4.77. The summed E-state index contributed by atoms with van der Waals surface area (Å²) >= 11 is 0. The smallest absolute Gasteiger partial charge is 0.309 e. The summed E-state index contributed by atoms with van der Waals surface area (Å²) in [7, 11) is 0. The van der Waals surface area contributed by atoms with Crippen LogP contribution in [0.25, 0.3) is 22.5 Å². The van der Waals surface area contributed by atoms with Gasteiger partial charge in [-0.05, 0) is 69.7 Å². The van der Waals surface area contributed by atoms with E-state index in [-0.39, 0.29) is 17.4 Å². The lowest BCUT2D eigenvalue weighted by molar-refractivity contribution is -0.148. The number of fused-ring (bicyclic) bond motifs is 1. The van der Waals surface area contributed by atoms with Crippen molar-refractivity contribution in [2.24, 2.45) is 5.92 Å². The number of allylic oxidation sites excluding steroid dienone is 2. The number of carbonyl (C=O) groups excluding carboxylic acids is 1. The van der Waals surface area contributed by atoms with Gasteiger partial charge in [0.15, 0.2) is 11.3 Å². The van der Waals surface area contributed by atoms with Crippen molar-refractivity contribution in [1.29, 1.82) is 0 Å². The Balaban J connectivity index is 1.76. The van der Waals surface area contributed by atoms with Crippen molar-refractivity contribution in [2.75, 3.05) is 13.2 Å². The third-order valence-corrected chi connectivity index (χ3v) is 6.15. The molecule has 34 heavy (non-hydrogen) atoms. The summed E-state index contributed by atoms with van der Waals surface area (Å²) in [5.74, 6) is 1.66. The molecule has 0 bridgehead atoms. The molecule has 4 rings (SSSR count). The maximum Gasteiger partial charge on any atom is 0.309 e. The van der Waals surface area contributed by atoms with Crippen molar-refractivity contribution in [3.8, 4) is 17.1 Å². The number of rotatable bonds is 8. The lowest BCUT2D eigenvalue weighted by Gasteiger charge is -2.21. The van der Waals surface area contributed by atoms with Crippen LogP contribution in [0.15, 0.2) is 29.1 Å². The van der Waals surface area contributed by atoms with Crippen molar-refractivity contribution in [2.45, 2.75) is 59.8 Å². The summed E-state index contributed by atoms with van der Waals surface area (Å²) in [6, 6.07) is 5.95. The first-order valence-electron chi connectivity index (χ1n) is 12.1. The SMILES string of the molecule is CCCc1nc(C)c2c(=O)[nH]c(-c3cc(C4=CCC(C(=O)OCC)CC4)ccc3OCC)nn12. The molecule has 2 aromatic heterocycles. The molecule has 8 heteroatoms. The average molecular weight is 465 g/mol. The second-order valence-corrected chi connectivity index (χ2v) is 8.52. The largest absolute Gasteiger partial charge is 0.493 e. The van der Waals surface area contributed by atoms with Crippen LogP contribution in [0.4, 0.5) is 0 Å². The molecule has 8 nitrogen and oxygen atoms in total. The van der Waals surface area contributed by atoms with Crippen LogP contribution in [0.3, 0.4) is 0 Å². The fraction of sp³-hybridized carbons (Fsp3) is 0.462. The first-order chi connectivity index (χ1) is 16.5. The van der Waals surface area contributed by atoms with Gasteiger partial charge in [0.25, 0.3) is 5.56 Å². The molecular formula is C26H32N4O4. The van der Waals surface area contributed by atoms with Crippen LogP contribution in [0.5, 0.6) is 5.75 Å². The van der Waals surface area contributed by atoms with Crippen LogP contribution in [-0.4, -0.2) is 38.8 Å². The summed E-state index contributed by atoms with van der Waals surface area (Å²) in [6.45, 7) is 8.56. The Kier molecular flexibility index (Phi) is 7.14. The first kappa shape index (κ1) is 23.7. The minimum absolute atomic E-state index is 0.0900. The predicted octanol–water partition coefficient (Wildman–Crippen LogP) is 4.49. The molecule has 180 valence electrons. The molecule has 1 aliphatic rings. The number of imidazole rings is 1. The van der Waals surface area contributed by atoms with Crippen LogP contribution >= 0.6 is 0 Å². The van der Waals surface area contributed by atoms with E-state index in [9.17, 15) is 9.59 Å². The Labute approximate surface area is 199 Å². The van der Waals surface area contributed by atoms with Gasteiger partial charge in [0.1, 0.15) is 11.6 Å². The molecule has 0 aliphatic heterocycles. The van der Waals surface area contributed by atoms with Crippen molar-refractivity contribution in [3.05, 3.63) is 51.7 Å².